The third-order valence-electron chi connectivity index (χ3n) is 8.71. The summed E-state index contributed by atoms with van der Waals surface area (Å²) in [6.07, 6.45) is 10.3. The van der Waals surface area contributed by atoms with Gasteiger partial charge in [-0.2, -0.15) is 0 Å². The van der Waals surface area contributed by atoms with Crippen LogP contribution in [0.15, 0.2) is 48.6 Å². The third-order valence-corrected chi connectivity index (χ3v) is 8.95. The summed E-state index contributed by atoms with van der Waals surface area (Å²) in [5.41, 5.74) is 4.43. The molecule has 1 N–H and O–H groups in total. The van der Waals surface area contributed by atoms with Crippen LogP contribution in [0, 0.1) is 11.8 Å². The molecule has 2 bridgehead atoms. The van der Waals surface area contributed by atoms with Gasteiger partial charge in [0.15, 0.2) is 0 Å². The highest BCUT2D eigenvalue weighted by atomic mass is 35.5. The molecule has 5 rings (SSSR count). The maximum absolute atomic E-state index is 12.8. The average molecular weight is 537 g/mol. The van der Waals surface area contributed by atoms with Crippen molar-refractivity contribution in [3.8, 4) is 5.75 Å². The number of benzene rings is 2. The summed E-state index contributed by atoms with van der Waals surface area (Å²) in [7, 11) is 1.82. The zero-order chi connectivity index (χ0) is 26.6. The molecule has 2 heterocycles. The van der Waals surface area contributed by atoms with E-state index < -0.39 is 6.10 Å². The summed E-state index contributed by atoms with van der Waals surface area (Å²) >= 11 is 6.39. The first-order valence-corrected chi connectivity index (χ1v) is 14.7. The van der Waals surface area contributed by atoms with E-state index in [2.05, 4.69) is 42.2 Å². The first-order chi connectivity index (χ1) is 18.4. The number of ether oxygens (including phenoxy) is 1. The van der Waals surface area contributed by atoms with Crippen LogP contribution in [0.3, 0.4) is 0 Å². The van der Waals surface area contributed by atoms with Crippen LogP contribution in [0.25, 0.3) is 0 Å². The van der Waals surface area contributed by atoms with E-state index in [1.807, 2.05) is 25.2 Å². The molecule has 1 aliphatic carbocycles. The summed E-state index contributed by atoms with van der Waals surface area (Å²) < 4.78 is 6.45. The minimum Gasteiger partial charge on any atom is -0.491 e. The number of aryl methyl sites for hydroxylation is 1. The molecule has 2 aromatic carbocycles. The highest BCUT2D eigenvalue weighted by molar-refractivity contribution is 6.30. The average Bonchev–Trinajstić information content (AvgIpc) is 3.07. The number of carbonyl (C=O) groups excluding carboxylic acids is 1. The molecule has 2 aliphatic heterocycles. The number of hydrogen-bond acceptors (Lipinski definition) is 4. The fraction of sp³-hybridized carbons (Fsp3) is 0.531. The molecule has 4 atom stereocenters. The molecule has 6 heteroatoms. The third kappa shape index (κ3) is 6.05. The van der Waals surface area contributed by atoms with Gasteiger partial charge in [-0.05, 0) is 84.9 Å². The lowest BCUT2D eigenvalue weighted by Crippen LogP contribution is -2.40. The zero-order valence-electron chi connectivity index (χ0n) is 22.7. The largest absolute Gasteiger partial charge is 0.491 e. The Morgan fingerprint density at radius 3 is 2.71 bits per heavy atom. The molecule has 38 heavy (non-hydrogen) atoms. The normalized spacial score (nSPS) is 27.1. The van der Waals surface area contributed by atoms with Crippen molar-refractivity contribution in [1.82, 2.24) is 4.90 Å². The molecular formula is C32H41ClN2O3. The van der Waals surface area contributed by atoms with Crippen molar-refractivity contribution in [3.05, 3.63) is 70.3 Å². The molecule has 5 nitrogen and oxygen atoms in total. The Morgan fingerprint density at radius 2 is 1.92 bits per heavy atom. The van der Waals surface area contributed by atoms with Crippen LogP contribution in [0.4, 0.5) is 5.69 Å². The number of carbonyl (C=O) groups is 1. The highest BCUT2D eigenvalue weighted by Gasteiger charge is 2.34. The van der Waals surface area contributed by atoms with Crippen LogP contribution >= 0.6 is 11.6 Å². The molecule has 1 saturated carbocycles. The monoisotopic (exact) mass is 536 g/mol. The summed E-state index contributed by atoms with van der Waals surface area (Å²) in [6.45, 7) is 5.31. The van der Waals surface area contributed by atoms with Crippen LogP contribution in [0.1, 0.15) is 74.2 Å². The topological polar surface area (TPSA) is 53.0 Å². The van der Waals surface area contributed by atoms with Crippen LogP contribution in [0.5, 0.6) is 5.75 Å². The van der Waals surface area contributed by atoms with Gasteiger partial charge in [-0.3, -0.25) is 4.79 Å². The number of hydrogen-bond donors (Lipinski definition) is 1. The maximum Gasteiger partial charge on any atom is 0.225 e. The summed E-state index contributed by atoms with van der Waals surface area (Å²) in [4.78, 5) is 17.0. The molecule has 3 aliphatic rings. The lowest BCUT2D eigenvalue weighted by Gasteiger charge is -2.41. The minimum absolute atomic E-state index is 0.0358. The number of aliphatic hydroxyl groups is 1. The Kier molecular flexibility index (Phi) is 8.64. The molecule has 0 radical (unpaired) electrons. The first-order valence-electron chi connectivity index (χ1n) is 14.3. The zero-order valence-corrected chi connectivity index (χ0v) is 23.5. The van der Waals surface area contributed by atoms with Crippen LogP contribution in [0.2, 0.25) is 5.02 Å². The van der Waals surface area contributed by atoms with E-state index in [1.54, 1.807) is 4.90 Å². The quantitative estimate of drug-likeness (QED) is 0.453. The van der Waals surface area contributed by atoms with Gasteiger partial charge in [0.05, 0.1) is 24.8 Å². The standard InChI is InChI=1S/C32H41ClN2O3/c1-3-7-23-16-27(33)12-13-28(23)26-20-35-19-25-10-9-22(25)8-5-4-6-15-34(2)32(37)18-30(36)24-11-14-31(38-21-26)29(35)17-24/h4-5,11-14,16-17,22,25-26,30,36H,3,6-10,15,18-21H2,1-2H3/b5-4+. The Labute approximate surface area is 232 Å². The second-order valence-corrected chi connectivity index (χ2v) is 11.8. The molecule has 1 amide bonds. The van der Waals surface area contributed by atoms with E-state index in [9.17, 15) is 9.90 Å². The number of rotatable bonds is 3. The summed E-state index contributed by atoms with van der Waals surface area (Å²) in [6, 6.07) is 12.3. The SMILES string of the molecule is CCCc1cc(Cl)ccc1C1COc2ccc3cc2N(C1)CC1CCC1C/C=C/CCN(C)C(=O)CC3O. The van der Waals surface area contributed by atoms with Crippen molar-refractivity contribution >= 4 is 23.2 Å². The lowest BCUT2D eigenvalue weighted by atomic mass is 9.71. The van der Waals surface area contributed by atoms with Crippen molar-refractivity contribution in [1.29, 1.82) is 0 Å². The molecule has 1 fully saturated rings. The molecular weight excluding hydrogens is 496 g/mol. The number of aliphatic hydroxyl groups excluding tert-OH is 1. The highest BCUT2D eigenvalue weighted by Crippen LogP contribution is 2.43. The van der Waals surface area contributed by atoms with Gasteiger partial charge >= 0.3 is 0 Å². The van der Waals surface area contributed by atoms with Crippen molar-refractivity contribution in [2.45, 2.75) is 63.9 Å². The van der Waals surface area contributed by atoms with Gasteiger partial charge in [0, 0.05) is 37.6 Å². The Morgan fingerprint density at radius 1 is 1.08 bits per heavy atom. The van der Waals surface area contributed by atoms with Crippen LogP contribution in [-0.2, 0) is 11.2 Å². The van der Waals surface area contributed by atoms with Crippen molar-refractivity contribution in [3.63, 3.8) is 0 Å². The van der Waals surface area contributed by atoms with Gasteiger partial charge in [0.1, 0.15) is 5.75 Å². The van der Waals surface area contributed by atoms with Gasteiger partial charge in [-0.1, -0.05) is 49.2 Å². The molecule has 4 unspecified atom stereocenters. The second kappa shape index (κ2) is 12.1. The van der Waals surface area contributed by atoms with Crippen LogP contribution in [-0.4, -0.2) is 49.2 Å². The van der Waals surface area contributed by atoms with Gasteiger partial charge in [-0.25, -0.2) is 0 Å². The Hall–Kier alpha value is -2.50. The summed E-state index contributed by atoms with van der Waals surface area (Å²) in [5, 5.41) is 11.8. The van der Waals surface area contributed by atoms with Gasteiger partial charge in [0.25, 0.3) is 0 Å². The molecule has 0 aromatic heterocycles. The van der Waals surface area contributed by atoms with E-state index >= 15 is 0 Å². The maximum atomic E-state index is 12.8. The molecule has 0 saturated heterocycles. The predicted molar refractivity (Wildman–Crippen MR) is 154 cm³/mol. The Balaban J connectivity index is 1.49. The van der Waals surface area contributed by atoms with Gasteiger partial charge in [0.2, 0.25) is 5.91 Å². The number of fused-ring (bicyclic) bond motifs is 2. The van der Waals surface area contributed by atoms with E-state index in [4.69, 9.17) is 16.3 Å². The smallest absolute Gasteiger partial charge is 0.225 e. The number of amides is 1. The molecule has 204 valence electrons. The van der Waals surface area contributed by atoms with E-state index in [1.165, 1.54) is 24.0 Å². The predicted octanol–water partition coefficient (Wildman–Crippen LogP) is 6.53. The van der Waals surface area contributed by atoms with Crippen molar-refractivity contribution in [2.75, 3.05) is 38.2 Å². The number of anilines is 1. The Bertz CT molecular complexity index is 1170. The van der Waals surface area contributed by atoms with Crippen LogP contribution < -0.4 is 9.64 Å². The number of allylic oxidation sites excluding steroid dienone is 1. The van der Waals surface area contributed by atoms with Crippen molar-refractivity contribution < 1.29 is 14.6 Å². The summed E-state index contributed by atoms with van der Waals surface area (Å²) in [5.74, 6) is 2.36. The molecule has 0 spiro atoms. The number of halogens is 1. The van der Waals surface area contributed by atoms with E-state index in [0.717, 1.165) is 60.8 Å². The fourth-order valence-corrected chi connectivity index (χ4v) is 6.43. The van der Waals surface area contributed by atoms with E-state index in [-0.39, 0.29) is 18.2 Å². The minimum atomic E-state index is -0.844. The van der Waals surface area contributed by atoms with Crippen molar-refractivity contribution in [2.24, 2.45) is 11.8 Å². The second-order valence-electron chi connectivity index (χ2n) is 11.4. The fourth-order valence-electron chi connectivity index (χ4n) is 6.23. The molecule has 2 aromatic rings. The van der Waals surface area contributed by atoms with E-state index in [0.29, 0.717) is 25.0 Å². The lowest BCUT2D eigenvalue weighted by molar-refractivity contribution is -0.132. The van der Waals surface area contributed by atoms with Gasteiger partial charge < -0.3 is 19.6 Å². The first kappa shape index (κ1) is 27.1. The number of nitrogens with zero attached hydrogens (tertiary/aromatic N) is 2. The van der Waals surface area contributed by atoms with Gasteiger partial charge in [-0.15, -0.1) is 0 Å².